The molecule has 7 nitrogen and oxygen atoms in total. The van der Waals surface area contributed by atoms with Gasteiger partial charge in [0.1, 0.15) is 11.6 Å². The van der Waals surface area contributed by atoms with E-state index in [2.05, 4.69) is 22.2 Å². The molecule has 7 heteroatoms. The third kappa shape index (κ3) is 4.12. The highest BCUT2D eigenvalue weighted by Gasteiger charge is 2.23. The highest BCUT2D eigenvalue weighted by Crippen LogP contribution is 2.33. The molecule has 1 aliphatic carbocycles. The predicted molar refractivity (Wildman–Crippen MR) is 115 cm³/mol. The number of aromatic nitrogens is 3. The number of fused-ring (bicyclic) bond motifs is 1. The van der Waals surface area contributed by atoms with Gasteiger partial charge in [-0.3, -0.25) is 0 Å². The van der Waals surface area contributed by atoms with Crippen LogP contribution in [0, 0.1) is 12.8 Å². The molecule has 3 aromatic rings. The number of hydrogen-bond acceptors (Lipinski definition) is 7. The maximum atomic E-state index is 6.26. The fraction of sp³-hybridized carbons (Fsp3) is 0.522. The van der Waals surface area contributed by atoms with Crippen LogP contribution in [0.25, 0.3) is 22.2 Å². The molecule has 3 heterocycles. The van der Waals surface area contributed by atoms with Crippen molar-refractivity contribution < 1.29 is 13.9 Å². The molecular weight excluding hydrogens is 380 g/mol. The molecule has 1 saturated carbocycles. The van der Waals surface area contributed by atoms with Crippen molar-refractivity contribution in [2.45, 2.75) is 58.1 Å². The normalized spacial score (nSPS) is 24.3. The summed E-state index contributed by atoms with van der Waals surface area (Å²) in [7, 11) is 0. The maximum Gasteiger partial charge on any atom is 0.226 e. The molecule has 5 rings (SSSR count). The van der Waals surface area contributed by atoms with Gasteiger partial charge in [-0.2, -0.15) is 4.98 Å². The van der Waals surface area contributed by atoms with Crippen molar-refractivity contribution in [1.29, 1.82) is 0 Å². The minimum absolute atomic E-state index is 0.0123. The smallest absolute Gasteiger partial charge is 0.226 e. The number of ether oxygens (including phenoxy) is 2. The van der Waals surface area contributed by atoms with E-state index >= 15 is 0 Å². The molecule has 0 radical (unpaired) electrons. The molecule has 1 aromatic carbocycles. The number of hydrogen-bond donors (Lipinski definition) is 1. The zero-order valence-corrected chi connectivity index (χ0v) is 17.6. The van der Waals surface area contributed by atoms with Crippen LogP contribution in [-0.4, -0.2) is 40.3 Å². The Bertz CT molecular complexity index is 1020. The topological polar surface area (TPSA) is 82.3 Å². The summed E-state index contributed by atoms with van der Waals surface area (Å²) in [4.78, 5) is 13.8. The molecule has 2 aromatic heterocycles. The van der Waals surface area contributed by atoms with Crippen LogP contribution in [0.3, 0.4) is 0 Å². The van der Waals surface area contributed by atoms with Crippen molar-refractivity contribution in [3.63, 3.8) is 0 Å². The Kier molecular flexibility index (Phi) is 5.29. The summed E-state index contributed by atoms with van der Waals surface area (Å²) < 4.78 is 17.5. The van der Waals surface area contributed by atoms with E-state index < -0.39 is 0 Å². The van der Waals surface area contributed by atoms with Crippen molar-refractivity contribution in [3.05, 3.63) is 30.3 Å². The van der Waals surface area contributed by atoms with E-state index in [0.29, 0.717) is 30.4 Å². The molecule has 30 heavy (non-hydrogen) atoms. The van der Waals surface area contributed by atoms with Crippen molar-refractivity contribution in [2.75, 3.05) is 18.5 Å². The van der Waals surface area contributed by atoms with Gasteiger partial charge in [-0.15, -0.1) is 0 Å². The van der Waals surface area contributed by atoms with E-state index in [0.717, 1.165) is 54.0 Å². The fourth-order valence-corrected chi connectivity index (χ4v) is 4.28. The predicted octanol–water partition coefficient (Wildman–Crippen LogP) is 4.75. The zero-order chi connectivity index (χ0) is 20.5. The molecule has 2 aliphatic rings. The first-order chi connectivity index (χ1) is 14.6. The summed E-state index contributed by atoms with van der Waals surface area (Å²) in [6, 6.07) is 6.36. The quantitative estimate of drug-likeness (QED) is 0.652. The molecular formula is C23H28N4O3. The number of nitrogens with one attached hydrogen (secondary N) is 1. The average Bonchev–Trinajstić information content (AvgIpc) is 3.38. The monoisotopic (exact) mass is 408 g/mol. The molecule has 2 fully saturated rings. The van der Waals surface area contributed by atoms with Crippen molar-refractivity contribution in [2.24, 2.45) is 5.92 Å². The molecule has 1 saturated heterocycles. The summed E-state index contributed by atoms with van der Waals surface area (Å²) in [6.45, 7) is 5.49. The Morgan fingerprint density at radius 3 is 2.77 bits per heavy atom. The molecule has 0 amide bonds. The van der Waals surface area contributed by atoms with E-state index in [1.807, 2.05) is 31.3 Å². The van der Waals surface area contributed by atoms with Crippen LogP contribution in [0.2, 0.25) is 0 Å². The zero-order valence-electron chi connectivity index (χ0n) is 17.6. The van der Waals surface area contributed by atoms with E-state index in [-0.39, 0.29) is 6.10 Å². The second kappa shape index (κ2) is 8.22. The van der Waals surface area contributed by atoms with Gasteiger partial charge in [-0.25, -0.2) is 9.97 Å². The van der Waals surface area contributed by atoms with Gasteiger partial charge in [0.05, 0.1) is 18.8 Å². The molecule has 1 unspecified atom stereocenters. The standard InChI is InChI=1S/C23H28N4O3/c1-14-3-6-17(7-4-14)26-23-24-12-19(22(27-23)30-18-9-10-28-13-18)16-5-8-20-21(11-16)29-15(2)25-20/h5,8,11-12,14,17-18H,3-4,6-7,9-10,13H2,1-2H3,(H,24,26,27). The number of aryl methyl sites for hydroxylation is 1. The molecule has 1 aliphatic heterocycles. The molecule has 0 spiro atoms. The second-order valence-corrected chi connectivity index (χ2v) is 8.53. The van der Waals surface area contributed by atoms with E-state index in [1.165, 1.54) is 12.8 Å². The Balaban J connectivity index is 1.45. The first-order valence-corrected chi connectivity index (χ1v) is 10.9. The lowest BCUT2D eigenvalue weighted by atomic mass is 9.87. The van der Waals surface area contributed by atoms with Crippen LogP contribution in [0.1, 0.15) is 44.9 Å². The van der Waals surface area contributed by atoms with Gasteiger partial charge in [-0.1, -0.05) is 13.0 Å². The summed E-state index contributed by atoms with van der Waals surface area (Å²) in [5.74, 6) is 2.67. The van der Waals surface area contributed by atoms with E-state index in [4.69, 9.17) is 18.9 Å². The van der Waals surface area contributed by atoms with Crippen LogP contribution in [0.15, 0.2) is 28.8 Å². The van der Waals surface area contributed by atoms with Crippen LogP contribution in [0.5, 0.6) is 5.88 Å². The fourth-order valence-electron chi connectivity index (χ4n) is 4.28. The highest BCUT2D eigenvalue weighted by molar-refractivity contribution is 5.81. The summed E-state index contributed by atoms with van der Waals surface area (Å²) in [5, 5.41) is 3.52. The Morgan fingerprint density at radius 2 is 1.97 bits per heavy atom. The number of anilines is 1. The van der Waals surface area contributed by atoms with Gasteiger partial charge in [0.15, 0.2) is 11.5 Å². The minimum atomic E-state index is 0.0123. The van der Waals surface area contributed by atoms with Crippen LogP contribution in [-0.2, 0) is 4.74 Å². The Labute approximate surface area is 176 Å². The number of nitrogens with zero attached hydrogens (tertiary/aromatic N) is 3. The van der Waals surface area contributed by atoms with Gasteiger partial charge in [0.25, 0.3) is 0 Å². The lowest BCUT2D eigenvalue weighted by Gasteiger charge is -2.27. The summed E-state index contributed by atoms with van der Waals surface area (Å²) in [5.41, 5.74) is 3.39. The SMILES string of the molecule is Cc1nc2ccc(-c3cnc(NC4CCC(C)CC4)nc3OC3CCOC3)cc2o1. The van der Waals surface area contributed by atoms with E-state index in [1.54, 1.807) is 0 Å². The molecule has 158 valence electrons. The highest BCUT2D eigenvalue weighted by atomic mass is 16.5. The summed E-state index contributed by atoms with van der Waals surface area (Å²) >= 11 is 0. The minimum Gasteiger partial charge on any atom is -0.471 e. The lowest BCUT2D eigenvalue weighted by molar-refractivity contribution is 0.138. The molecule has 1 atom stereocenters. The Hall–Kier alpha value is -2.67. The van der Waals surface area contributed by atoms with Gasteiger partial charge in [0.2, 0.25) is 11.8 Å². The largest absolute Gasteiger partial charge is 0.471 e. The van der Waals surface area contributed by atoms with Crippen molar-refractivity contribution in [3.8, 4) is 17.0 Å². The lowest BCUT2D eigenvalue weighted by Crippen LogP contribution is -2.26. The molecule has 1 N–H and O–H groups in total. The first-order valence-electron chi connectivity index (χ1n) is 10.9. The van der Waals surface area contributed by atoms with Crippen LogP contribution >= 0.6 is 0 Å². The van der Waals surface area contributed by atoms with Gasteiger partial charge >= 0.3 is 0 Å². The third-order valence-electron chi connectivity index (χ3n) is 6.08. The van der Waals surface area contributed by atoms with E-state index in [9.17, 15) is 0 Å². The second-order valence-electron chi connectivity index (χ2n) is 8.53. The van der Waals surface area contributed by atoms with Crippen LogP contribution in [0.4, 0.5) is 5.95 Å². The number of rotatable bonds is 5. The number of oxazole rings is 1. The Morgan fingerprint density at radius 1 is 1.10 bits per heavy atom. The maximum absolute atomic E-state index is 6.26. The number of benzene rings is 1. The van der Waals surface area contributed by atoms with Crippen molar-refractivity contribution >= 4 is 17.0 Å². The third-order valence-corrected chi connectivity index (χ3v) is 6.08. The summed E-state index contributed by atoms with van der Waals surface area (Å²) in [6.07, 6.45) is 7.52. The van der Waals surface area contributed by atoms with Crippen LogP contribution < -0.4 is 10.1 Å². The average molecular weight is 409 g/mol. The van der Waals surface area contributed by atoms with Gasteiger partial charge in [-0.05, 0) is 49.3 Å². The van der Waals surface area contributed by atoms with Gasteiger partial charge < -0.3 is 19.2 Å². The molecule has 0 bridgehead atoms. The van der Waals surface area contributed by atoms with Gasteiger partial charge in [0, 0.05) is 25.6 Å². The van der Waals surface area contributed by atoms with Crippen molar-refractivity contribution in [1.82, 2.24) is 15.0 Å². The first kappa shape index (κ1) is 19.3.